The zero-order valence-electron chi connectivity index (χ0n) is 14.6. The van der Waals surface area contributed by atoms with Crippen LogP contribution in [0.1, 0.15) is 38.7 Å². The molecule has 1 fully saturated rings. The maximum atomic E-state index is 12.0. The smallest absolute Gasteiger partial charge is 0.308 e. The lowest BCUT2D eigenvalue weighted by molar-refractivity contribution is -0.141. The van der Waals surface area contributed by atoms with Gasteiger partial charge in [0.25, 0.3) is 0 Å². The second kappa shape index (κ2) is 8.94. The summed E-state index contributed by atoms with van der Waals surface area (Å²) >= 11 is 6.35. The number of carbonyl (C=O) groups excluding carboxylic acids is 1. The molecule has 1 amide bonds. The molecular weight excluding hydrogens is 346 g/mol. The van der Waals surface area contributed by atoms with Crippen LogP contribution in [-0.2, 0) is 16.1 Å². The van der Waals surface area contributed by atoms with Gasteiger partial charge in [0.1, 0.15) is 0 Å². The largest absolute Gasteiger partial charge is 0.490 e. The minimum Gasteiger partial charge on any atom is -0.490 e. The van der Waals surface area contributed by atoms with Crippen molar-refractivity contribution in [1.29, 1.82) is 0 Å². The van der Waals surface area contributed by atoms with Gasteiger partial charge in [0, 0.05) is 19.5 Å². The summed E-state index contributed by atoms with van der Waals surface area (Å²) < 4.78 is 11.4. The van der Waals surface area contributed by atoms with Crippen LogP contribution in [0.5, 0.6) is 11.5 Å². The molecule has 1 aliphatic heterocycles. The first-order valence-electron chi connectivity index (χ1n) is 8.54. The summed E-state index contributed by atoms with van der Waals surface area (Å²) in [4.78, 5) is 24.6. The van der Waals surface area contributed by atoms with Gasteiger partial charge >= 0.3 is 5.97 Å². The Morgan fingerprint density at radius 1 is 1.36 bits per heavy atom. The number of benzene rings is 1. The van der Waals surface area contributed by atoms with Crippen molar-refractivity contribution in [3.63, 3.8) is 0 Å². The Hall–Kier alpha value is -1.95. The van der Waals surface area contributed by atoms with Gasteiger partial charge in [-0.15, -0.1) is 0 Å². The van der Waals surface area contributed by atoms with Crippen molar-refractivity contribution >= 4 is 23.5 Å². The Morgan fingerprint density at radius 3 is 2.72 bits per heavy atom. The first kappa shape index (κ1) is 19.4. The van der Waals surface area contributed by atoms with E-state index < -0.39 is 11.9 Å². The van der Waals surface area contributed by atoms with E-state index in [4.69, 9.17) is 26.2 Å². The summed E-state index contributed by atoms with van der Waals surface area (Å²) in [5, 5.41) is 9.50. The summed E-state index contributed by atoms with van der Waals surface area (Å²) in [6.45, 7) is 5.49. The molecule has 1 aromatic rings. The number of unbranched alkanes of at least 4 members (excludes halogenated alkanes) is 1. The molecule has 2 rings (SSSR count). The lowest BCUT2D eigenvalue weighted by Crippen LogP contribution is -2.25. The topological polar surface area (TPSA) is 76.1 Å². The van der Waals surface area contributed by atoms with Crippen LogP contribution in [-0.4, -0.2) is 41.6 Å². The molecule has 0 radical (unpaired) electrons. The van der Waals surface area contributed by atoms with Crippen LogP contribution in [0.15, 0.2) is 12.1 Å². The number of aliphatic carboxylic acids is 1. The Morgan fingerprint density at radius 2 is 2.12 bits per heavy atom. The third kappa shape index (κ3) is 5.01. The van der Waals surface area contributed by atoms with E-state index >= 15 is 0 Å². The van der Waals surface area contributed by atoms with Crippen LogP contribution < -0.4 is 9.47 Å². The van der Waals surface area contributed by atoms with E-state index in [1.807, 2.05) is 6.92 Å². The fourth-order valence-electron chi connectivity index (χ4n) is 2.75. The van der Waals surface area contributed by atoms with Gasteiger partial charge in [-0.3, -0.25) is 9.59 Å². The van der Waals surface area contributed by atoms with Crippen molar-refractivity contribution in [2.45, 2.75) is 39.7 Å². The predicted octanol–water partition coefficient (Wildman–Crippen LogP) is 3.35. The zero-order valence-corrected chi connectivity index (χ0v) is 15.3. The maximum absolute atomic E-state index is 12.0. The highest BCUT2D eigenvalue weighted by molar-refractivity contribution is 6.32. The summed E-state index contributed by atoms with van der Waals surface area (Å²) in [5.74, 6) is -0.696. The fourth-order valence-corrected chi connectivity index (χ4v) is 3.03. The molecule has 6 nitrogen and oxygen atoms in total. The quantitative estimate of drug-likeness (QED) is 0.675. The van der Waals surface area contributed by atoms with Gasteiger partial charge in [0.2, 0.25) is 5.91 Å². The molecule has 0 spiro atoms. The van der Waals surface area contributed by atoms with Gasteiger partial charge in [-0.2, -0.15) is 0 Å². The number of nitrogens with zero attached hydrogens (tertiary/aromatic N) is 1. The van der Waals surface area contributed by atoms with Gasteiger partial charge in [-0.1, -0.05) is 24.9 Å². The Balaban J connectivity index is 2.16. The molecule has 1 aromatic carbocycles. The number of likely N-dealkylation sites (tertiary alicyclic amines) is 1. The minimum absolute atomic E-state index is 0.0413. The SMILES string of the molecule is CCCCOc1c(Cl)cc(CN2CC(C(=O)O)CC2=O)cc1OCC. The molecule has 1 atom stereocenters. The molecular formula is C18H24ClNO5. The van der Waals surface area contributed by atoms with E-state index in [0.29, 0.717) is 36.3 Å². The fraction of sp³-hybridized carbons (Fsp3) is 0.556. The van der Waals surface area contributed by atoms with Crippen molar-refractivity contribution in [3.8, 4) is 11.5 Å². The molecule has 0 bridgehead atoms. The predicted molar refractivity (Wildman–Crippen MR) is 94.2 cm³/mol. The lowest BCUT2D eigenvalue weighted by atomic mass is 10.1. The highest BCUT2D eigenvalue weighted by Crippen LogP contribution is 2.37. The zero-order chi connectivity index (χ0) is 18.4. The highest BCUT2D eigenvalue weighted by atomic mass is 35.5. The van der Waals surface area contributed by atoms with Gasteiger partial charge in [0.15, 0.2) is 11.5 Å². The van der Waals surface area contributed by atoms with E-state index in [2.05, 4.69) is 6.92 Å². The van der Waals surface area contributed by atoms with Crippen molar-refractivity contribution in [2.24, 2.45) is 5.92 Å². The number of carboxylic acids is 1. The van der Waals surface area contributed by atoms with Crippen LogP contribution >= 0.6 is 11.6 Å². The minimum atomic E-state index is -0.941. The molecule has 0 saturated carbocycles. The van der Waals surface area contributed by atoms with Crippen molar-refractivity contribution in [2.75, 3.05) is 19.8 Å². The number of carbonyl (C=O) groups is 2. The van der Waals surface area contributed by atoms with E-state index in [1.54, 1.807) is 12.1 Å². The number of ether oxygens (including phenoxy) is 2. The van der Waals surface area contributed by atoms with Gasteiger partial charge < -0.3 is 19.5 Å². The lowest BCUT2D eigenvalue weighted by Gasteiger charge is -2.19. The summed E-state index contributed by atoms with van der Waals surface area (Å²) in [6.07, 6.45) is 1.98. The second-order valence-electron chi connectivity index (χ2n) is 6.05. The van der Waals surface area contributed by atoms with E-state index in [9.17, 15) is 9.59 Å². The summed E-state index contributed by atoms with van der Waals surface area (Å²) in [7, 11) is 0. The van der Waals surface area contributed by atoms with Crippen molar-refractivity contribution in [1.82, 2.24) is 4.90 Å². The van der Waals surface area contributed by atoms with Gasteiger partial charge in [-0.25, -0.2) is 0 Å². The first-order chi connectivity index (χ1) is 12.0. The molecule has 1 unspecified atom stereocenters. The van der Waals surface area contributed by atoms with E-state index in [-0.39, 0.29) is 18.9 Å². The Kier molecular flexibility index (Phi) is 6.93. The molecule has 138 valence electrons. The Bertz CT molecular complexity index is 634. The van der Waals surface area contributed by atoms with Crippen LogP contribution in [0, 0.1) is 5.92 Å². The second-order valence-corrected chi connectivity index (χ2v) is 6.46. The molecule has 1 heterocycles. The van der Waals surface area contributed by atoms with Gasteiger partial charge in [0.05, 0.1) is 24.2 Å². The summed E-state index contributed by atoms with van der Waals surface area (Å²) in [6, 6.07) is 3.55. The monoisotopic (exact) mass is 369 g/mol. The molecule has 1 N–H and O–H groups in total. The number of halogens is 1. The number of carboxylic acid groups (broad SMARTS) is 1. The van der Waals surface area contributed by atoms with Gasteiger partial charge in [-0.05, 0) is 31.0 Å². The van der Waals surface area contributed by atoms with Crippen molar-refractivity contribution < 1.29 is 24.2 Å². The average molecular weight is 370 g/mol. The first-order valence-corrected chi connectivity index (χ1v) is 8.92. The molecule has 1 aliphatic rings. The van der Waals surface area contributed by atoms with Crippen LogP contribution in [0.3, 0.4) is 0 Å². The number of amides is 1. The normalized spacial score (nSPS) is 17.0. The summed E-state index contributed by atoms with van der Waals surface area (Å²) in [5.41, 5.74) is 0.788. The van der Waals surface area contributed by atoms with Crippen molar-refractivity contribution in [3.05, 3.63) is 22.7 Å². The number of hydrogen-bond acceptors (Lipinski definition) is 4. The molecule has 0 aromatic heterocycles. The maximum Gasteiger partial charge on any atom is 0.308 e. The number of rotatable bonds is 9. The molecule has 0 aliphatic carbocycles. The highest BCUT2D eigenvalue weighted by Gasteiger charge is 2.34. The van der Waals surface area contributed by atoms with Crippen LogP contribution in [0.4, 0.5) is 0 Å². The average Bonchev–Trinajstić information content (AvgIpc) is 2.91. The Labute approximate surface area is 152 Å². The third-order valence-electron chi connectivity index (χ3n) is 4.05. The van der Waals surface area contributed by atoms with E-state index in [1.165, 1.54) is 4.90 Å². The third-order valence-corrected chi connectivity index (χ3v) is 4.33. The van der Waals surface area contributed by atoms with Crippen LogP contribution in [0.25, 0.3) is 0 Å². The van der Waals surface area contributed by atoms with Crippen LogP contribution in [0.2, 0.25) is 5.02 Å². The standard InChI is InChI=1S/C18H24ClNO5/c1-3-5-6-25-17-14(19)7-12(8-15(17)24-4-2)10-20-11-13(18(22)23)9-16(20)21/h7-8,13H,3-6,9-11H2,1-2H3,(H,22,23). The molecule has 25 heavy (non-hydrogen) atoms. The molecule has 1 saturated heterocycles. The molecule has 7 heteroatoms. The van der Waals surface area contributed by atoms with E-state index in [0.717, 1.165) is 18.4 Å². The number of hydrogen-bond donors (Lipinski definition) is 1.